The van der Waals surface area contributed by atoms with Crippen LogP contribution < -0.4 is 10.6 Å². The number of aromatic nitrogens is 2. The predicted octanol–water partition coefficient (Wildman–Crippen LogP) is 4.00. The first-order valence-corrected chi connectivity index (χ1v) is 10.3. The molecule has 144 valence electrons. The predicted molar refractivity (Wildman–Crippen MR) is 103 cm³/mol. The van der Waals surface area contributed by atoms with Gasteiger partial charge < -0.3 is 10.6 Å². The Morgan fingerprint density at radius 2 is 1.62 bits per heavy atom. The zero-order valence-corrected chi connectivity index (χ0v) is 16.9. The summed E-state index contributed by atoms with van der Waals surface area (Å²) in [6.07, 6.45) is 8.27. The summed E-state index contributed by atoms with van der Waals surface area (Å²) in [5.74, 6) is 2.73. The summed E-state index contributed by atoms with van der Waals surface area (Å²) in [5.41, 5.74) is 3.58. The van der Waals surface area contributed by atoms with Crippen LogP contribution in [0.5, 0.6) is 0 Å². The van der Waals surface area contributed by atoms with Gasteiger partial charge in [-0.1, -0.05) is 0 Å². The topological polar surface area (TPSA) is 59.0 Å². The Morgan fingerprint density at radius 1 is 1.08 bits per heavy atom. The Balaban J connectivity index is 1.40. The lowest BCUT2D eigenvalue weighted by atomic mass is 9.48. The SMILES string of the molecule is Cc1nn(C)c(C)c1[C@H](C)NC(=O)N[C@H](C)C12CC3CC(CC(C3)C1)C2. The lowest BCUT2D eigenvalue weighted by molar-refractivity contribution is -0.0682. The van der Waals surface area contributed by atoms with E-state index in [1.165, 1.54) is 38.5 Å². The van der Waals surface area contributed by atoms with Crippen molar-refractivity contribution in [1.82, 2.24) is 20.4 Å². The first kappa shape index (κ1) is 17.9. The van der Waals surface area contributed by atoms with Crippen molar-refractivity contribution < 1.29 is 4.79 Å². The second-order valence-electron chi connectivity index (χ2n) is 9.55. The first-order chi connectivity index (χ1) is 12.3. The molecular formula is C21H34N4O. The van der Waals surface area contributed by atoms with E-state index in [1.807, 2.05) is 25.6 Å². The number of carbonyl (C=O) groups is 1. The van der Waals surface area contributed by atoms with Gasteiger partial charge in [-0.05, 0) is 89.4 Å². The van der Waals surface area contributed by atoms with Crippen LogP contribution in [0.1, 0.15) is 75.4 Å². The Kier molecular flexibility index (Phi) is 4.31. The highest BCUT2D eigenvalue weighted by atomic mass is 16.2. The van der Waals surface area contributed by atoms with Crippen LogP contribution in [0.4, 0.5) is 4.79 Å². The molecule has 4 saturated carbocycles. The van der Waals surface area contributed by atoms with Crippen molar-refractivity contribution in [2.24, 2.45) is 30.2 Å². The molecule has 0 aromatic carbocycles. The van der Waals surface area contributed by atoms with E-state index < -0.39 is 0 Å². The molecule has 5 nitrogen and oxygen atoms in total. The smallest absolute Gasteiger partial charge is 0.315 e. The number of hydrogen-bond acceptors (Lipinski definition) is 2. The molecule has 2 N–H and O–H groups in total. The van der Waals surface area contributed by atoms with Gasteiger partial charge in [0.25, 0.3) is 0 Å². The number of carbonyl (C=O) groups excluding carboxylic acids is 1. The van der Waals surface area contributed by atoms with Crippen LogP contribution in [0.15, 0.2) is 0 Å². The molecule has 2 amide bonds. The Hall–Kier alpha value is -1.52. The van der Waals surface area contributed by atoms with Crippen molar-refractivity contribution in [1.29, 1.82) is 0 Å². The summed E-state index contributed by atoms with van der Waals surface area (Å²) in [4.78, 5) is 12.7. The van der Waals surface area contributed by atoms with Crippen molar-refractivity contribution in [2.45, 2.75) is 78.3 Å². The maximum atomic E-state index is 12.7. The van der Waals surface area contributed by atoms with Gasteiger partial charge in [-0.15, -0.1) is 0 Å². The highest BCUT2D eigenvalue weighted by Crippen LogP contribution is 2.61. The fraction of sp³-hybridized carbons (Fsp3) is 0.810. The van der Waals surface area contributed by atoms with Crippen molar-refractivity contribution in [2.75, 3.05) is 0 Å². The quantitative estimate of drug-likeness (QED) is 0.854. The summed E-state index contributed by atoms with van der Waals surface area (Å²) < 4.78 is 1.89. The summed E-state index contributed by atoms with van der Waals surface area (Å²) >= 11 is 0. The van der Waals surface area contributed by atoms with Gasteiger partial charge in [-0.3, -0.25) is 4.68 Å². The van der Waals surface area contributed by atoms with Gasteiger partial charge in [-0.2, -0.15) is 5.10 Å². The van der Waals surface area contributed by atoms with Gasteiger partial charge >= 0.3 is 6.03 Å². The molecule has 4 fully saturated rings. The van der Waals surface area contributed by atoms with Gasteiger partial charge in [-0.25, -0.2) is 4.79 Å². The fourth-order valence-electron chi connectivity index (χ4n) is 6.78. The zero-order chi connectivity index (χ0) is 18.6. The van der Waals surface area contributed by atoms with Crippen LogP contribution in [0.25, 0.3) is 0 Å². The maximum Gasteiger partial charge on any atom is 0.315 e. The van der Waals surface area contributed by atoms with Crippen LogP contribution >= 0.6 is 0 Å². The number of nitrogens with zero attached hydrogens (tertiary/aromatic N) is 2. The molecule has 5 rings (SSSR count). The molecule has 0 saturated heterocycles. The lowest BCUT2D eigenvalue weighted by Crippen LogP contribution is -2.57. The van der Waals surface area contributed by atoms with Gasteiger partial charge in [0.15, 0.2) is 0 Å². The Morgan fingerprint density at radius 3 is 2.08 bits per heavy atom. The Bertz CT molecular complexity index is 672. The van der Waals surface area contributed by atoms with E-state index in [9.17, 15) is 4.79 Å². The van der Waals surface area contributed by atoms with Crippen molar-refractivity contribution >= 4 is 6.03 Å². The van der Waals surface area contributed by atoms with Crippen molar-refractivity contribution in [3.05, 3.63) is 17.0 Å². The average molecular weight is 359 g/mol. The molecule has 0 aliphatic heterocycles. The summed E-state index contributed by atoms with van der Waals surface area (Å²) in [6, 6.07) is 0.176. The molecule has 4 aliphatic rings. The number of urea groups is 1. The minimum absolute atomic E-state index is 0.0349. The van der Waals surface area contributed by atoms with Crippen LogP contribution in [-0.4, -0.2) is 21.9 Å². The van der Waals surface area contributed by atoms with Gasteiger partial charge in [0.1, 0.15) is 0 Å². The molecule has 4 bridgehead atoms. The lowest BCUT2D eigenvalue weighted by Gasteiger charge is -2.59. The van der Waals surface area contributed by atoms with Crippen molar-refractivity contribution in [3.8, 4) is 0 Å². The number of rotatable bonds is 4. The molecule has 1 aromatic heterocycles. The average Bonchev–Trinajstić information content (AvgIpc) is 2.78. The van der Waals surface area contributed by atoms with Gasteiger partial charge in [0.2, 0.25) is 0 Å². The standard InChI is InChI=1S/C21H34N4O/c1-12(19-13(2)24-25(5)14(19)3)22-20(26)23-15(4)21-9-16-6-17(10-21)8-18(7-16)11-21/h12,15-18H,6-11H2,1-5H3,(H2,22,23,26)/t12-,15+,16?,17?,18?,21?/m0/s1. The number of aryl methyl sites for hydroxylation is 2. The van der Waals surface area contributed by atoms with Crippen LogP contribution in [0.2, 0.25) is 0 Å². The molecule has 1 aromatic rings. The number of amides is 2. The molecular weight excluding hydrogens is 324 g/mol. The third-order valence-corrected chi connectivity index (χ3v) is 7.70. The summed E-state index contributed by atoms with van der Waals surface area (Å²) in [7, 11) is 1.95. The molecule has 1 heterocycles. The largest absolute Gasteiger partial charge is 0.335 e. The normalized spacial score (nSPS) is 34.6. The molecule has 0 spiro atoms. The fourth-order valence-corrected chi connectivity index (χ4v) is 6.78. The molecule has 2 atom stereocenters. The van der Waals surface area contributed by atoms with E-state index in [-0.39, 0.29) is 18.1 Å². The summed E-state index contributed by atoms with van der Waals surface area (Å²) in [5, 5.41) is 10.9. The van der Waals surface area contributed by atoms with E-state index in [2.05, 4.69) is 29.6 Å². The molecule has 26 heavy (non-hydrogen) atoms. The highest BCUT2D eigenvalue weighted by Gasteiger charge is 2.53. The van der Waals surface area contributed by atoms with E-state index in [1.54, 1.807) is 0 Å². The van der Waals surface area contributed by atoms with Crippen LogP contribution in [0, 0.1) is 37.0 Å². The first-order valence-electron chi connectivity index (χ1n) is 10.3. The van der Waals surface area contributed by atoms with Crippen LogP contribution in [-0.2, 0) is 7.05 Å². The number of nitrogens with one attached hydrogen (secondary N) is 2. The summed E-state index contributed by atoms with van der Waals surface area (Å²) in [6.45, 7) is 8.35. The Labute approximate surface area is 157 Å². The second-order valence-corrected chi connectivity index (χ2v) is 9.55. The number of hydrogen-bond donors (Lipinski definition) is 2. The second kappa shape index (κ2) is 6.28. The zero-order valence-electron chi connectivity index (χ0n) is 16.9. The van der Waals surface area contributed by atoms with Crippen LogP contribution in [0.3, 0.4) is 0 Å². The molecule has 5 heteroatoms. The van der Waals surface area contributed by atoms with E-state index in [0.29, 0.717) is 5.41 Å². The third-order valence-electron chi connectivity index (χ3n) is 7.70. The monoisotopic (exact) mass is 358 g/mol. The van der Waals surface area contributed by atoms with E-state index in [0.717, 1.165) is 34.7 Å². The van der Waals surface area contributed by atoms with Gasteiger partial charge in [0.05, 0.1) is 11.7 Å². The highest BCUT2D eigenvalue weighted by molar-refractivity contribution is 5.75. The maximum absolute atomic E-state index is 12.7. The molecule has 4 aliphatic carbocycles. The minimum Gasteiger partial charge on any atom is -0.335 e. The minimum atomic E-state index is -0.0385. The molecule has 0 radical (unpaired) electrons. The third kappa shape index (κ3) is 2.93. The van der Waals surface area contributed by atoms with Crippen molar-refractivity contribution in [3.63, 3.8) is 0 Å². The molecule has 0 unspecified atom stereocenters. The van der Waals surface area contributed by atoms with E-state index in [4.69, 9.17) is 0 Å². The van der Waals surface area contributed by atoms with Gasteiger partial charge in [0, 0.05) is 24.3 Å². The van der Waals surface area contributed by atoms with E-state index >= 15 is 0 Å².